The number of ether oxygens (including phenoxy) is 1. The molecule has 32 heavy (non-hydrogen) atoms. The third-order valence-corrected chi connectivity index (χ3v) is 5.58. The summed E-state index contributed by atoms with van der Waals surface area (Å²) in [5.74, 6) is -1.17. The number of non-ortho nitro benzene ring substituents is 1. The van der Waals surface area contributed by atoms with Crippen molar-refractivity contribution in [1.29, 1.82) is 0 Å². The van der Waals surface area contributed by atoms with Gasteiger partial charge in [-0.3, -0.25) is 14.9 Å². The van der Waals surface area contributed by atoms with Crippen LogP contribution in [0.15, 0.2) is 48.7 Å². The Bertz CT molecular complexity index is 1150. The van der Waals surface area contributed by atoms with Crippen molar-refractivity contribution in [2.75, 3.05) is 31.1 Å². The van der Waals surface area contributed by atoms with Crippen molar-refractivity contribution in [1.82, 2.24) is 10.3 Å². The first-order valence-electron chi connectivity index (χ1n) is 10.5. The van der Waals surface area contributed by atoms with Crippen molar-refractivity contribution in [2.24, 2.45) is 0 Å². The average Bonchev–Trinajstić information content (AvgIpc) is 3.47. The van der Waals surface area contributed by atoms with Crippen LogP contribution < -0.4 is 10.2 Å². The van der Waals surface area contributed by atoms with Crippen LogP contribution in [0.5, 0.6) is 0 Å². The molecule has 1 aliphatic rings. The predicted molar refractivity (Wildman–Crippen MR) is 120 cm³/mol. The van der Waals surface area contributed by atoms with Crippen LogP contribution in [0.4, 0.5) is 11.4 Å². The molecule has 1 saturated heterocycles. The van der Waals surface area contributed by atoms with Gasteiger partial charge in [0, 0.05) is 48.9 Å². The highest BCUT2D eigenvalue weighted by molar-refractivity contribution is 5.97. The van der Waals surface area contributed by atoms with Gasteiger partial charge in [0.05, 0.1) is 16.2 Å². The van der Waals surface area contributed by atoms with E-state index in [9.17, 15) is 19.7 Å². The number of aromatic amines is 1. The topological polar surface area (TPSA) is 118 Å². The fourth-order valence-corrected chi connectivity index (χ4v) is 3.97. The molecule has 1 aliphatic heterocycles. The Morgan fingerprint density at radius 2 is 1.94 bits per heavy atom. The number of nitro benzene ring substituents is 1. The first kappa shape index (κ1) is 21.4. The monoisotopic (exact) mass is 436 g/mol. The van der Waals surface area contributed by atoms with Gasteiger partial charge in [-0.15, -0.1) is 0 Å². The van der Waals surface area contributed by atoms with Gasteiger partial charge in [-0.1, -0.05) is 18.2 Å². The van der Waals surface area contributed by atoms with Gasteiger partial charge in [-0.2, -0.15) is 0 Å². The lowest BCUT2D eigenvalue weighted by molar-refractivity contribution is -0.384. The van der Waals surface area contributed by atoms with E-state index in [2.05, 4.69) is 10.3 Å². The van der Waals surface area contributed by atoms with Gasteiger partial charge in [0.2, 0.25) is 0 Å². The van der Waals surface area contributed by atoms with Crippen LogP contribution in [0, 0.1) is 10.1 Å². The average molecular weight is 436 g/mol. The number of nitrogens with zero attached hydrogens (tertiary/aromatic N) is 2. The first-order valence-corrected chi connectivity index (χ1v) is 10.5. The van der Waals surface area contributed by atoms with E-state index >= 15 is 0 Å². The molecule has 0 unspecified atom stereocenters. The minimum absolute atomic E-state index is 0.104. The standard InChI is InChI=1S/C23H24N4O5/c28-22(24-10-9-16-14-25-20-6-2-1-5-18(16)20)15-32-23(29)19-13-17(27(30)31)7-8-21(19)26-11-3-4-12-26/h1-2,5-8,13-14,25H,3-4,9-12,15H2,(H,24,28). The third-order valence-electron chi connectivity index (χ3n) is 5.58. The smallest absolute Gasteiger partial charge is 0.341 e. The van der Waals surface area contributed by atoms with E-state index in [-0.39, 0.29) is 11.3 Å². The maximum Gasteiger partial charge on any atom is 0.341 e. The predicted octanol–water partition coefficient (Wildman–Crippen LogP) is 3.19. The number of fused-ring (bicyclic) bond motifs is 1. The molecule has 9 nitrogen and oxygen atoms in total. The number of nitrogens with one attached hydrogen (secondary N) is 2. The molecule has 0 saturated carbocycles. The van der Waals surface area contributed by atoms with Gasteiger partial charge < -0.3 is 19.9 Å². The molecule has 9 heteroatoms. The fraction of sp³-hybridized carbons (Fsp3) is 0.304. The molecule has 4 rings (SSSR count). The van der Waals surface area contributed by atoms with Crippen LogP contribution in [0.1, 0.15) is 28.8 Å². The molecule has 0 bridgehead atoms. The first-order chi connectivity index (χ1) is 15.5. The van der Waals surface area contributed by atoms with E-state index in [0.717, 1.165) is 42.4 Å². The van der Waals surface area contributed by atoms with Crippen LogP contribution in [-0.4, -0.2) is 48.0 Å². The van der Waals surface area contributed by atoms with Gasteiger partial charge >= 0.3 is 5.97 Å². The summed E-state index contributed by atoms with van der Waals surface area (Å²) in [4.78, 5) is 40.6. The second-order valence-corrected chi connectivity index (χ2v) is 7.69. The zero-order valence-corrected chi connectivity index (χ0v) is 17.5. The van der Waals surface area contributed by atoms with Crippen LogP contribution >= 0.6 is 0 Å². The number of hydrogen-bond donors (Lipinski definition) is 2. The van der Waals surface area contributed by atoms with Crippen molar-refractivity contribution in [3.63, 3.8) is 0 Å². The molecule has 0 spiro atoms. The van der Waals surface area contributed by atoms with Gasteiger partial charge in [0.15, 0.2) is 6.61 Å². The number of para-hydroxylation sites is 1. The number of H-pyrrole nitrogens is 1. The normalized spacial score (nSPS) is 13.3. The Balaban J connectivity index is 1.34. The van der Waals surface area contributed by atoms with E-state index < -0.39 is 23.4 Å². The number of anilines is 1. The van der Waals surface area contributed by atoms with Crippen molar-refractivity contribution >= 4 is 34.2 Å². The Labute approximate surface area is 184 Å². The van der Waals surface area contributed by atoms with Crippen LogP contribution in [0.3, 0.4) is 0 Å². The van der Waals surface area contributed by atoms with Gasteiger partial charge in [-0.25, -0.2) is 4.79 Å². The second kappa shape index (κ2) is 9.51. The van der Waals surface area contributed by atoms with Crippen molar-refractivity contribution in [3.8, 4) is 0 Å². The number of esters is 1. The zero-order valence-electron chi connectivity index (χ0n) is 17.5. The van der Waals surface area contributed by atoms with Crippen molar-refractivity contribution < 1.29 is 19.2 Å². The second-order valence-electron chi connectivity index (χ2n) is 7.69. The lowest BCUT2D eigenvalue weighted by atomic mass is 10.1. The highest BCUT2D eigenvalue weighted by Gasteiger charge is 2.24. The summed E-state index contributed by atoms with van der Waals surface area (Å²) in [5, 5.41) is 15.0. The SMILES string of the molecule is O=C(COC(=O)c1cc([N+](=O)[O-])ccc1N1CCCC1)NCCc1c[nH]c2ccccc12. The van der Waals surface area contributed by atoms with Crippen LogP contribution in [0.2, 0.25) is 0 Å². The lowest BCUT2D eigenvalue weighted by Gasteiger charge is -2.20. The lowest BCUT2D eigenvalue weighted by Crippen LogP contribution is -2.30. The minimum Gasteiger partial charge on any atom is -0.452 e. The van der Waals surface area contributed by atoms with Gasteiger partial charge in [0.1, 0.15) is 0 Å². The molecule has 166 valence electrons. The third kappa shape index (κ3) is 4.72. The summed E-state index contributed by atoms with van der Waals surface area (Å²) < 4.78 is 5.18. The van der Waals surface area contributed by atoms with Crippen LogP contribution in [-0.2, 0) is 16.0 Å². The molecule has 0 atom stereocenters. The quantitative estimate of drug-likeness (QED) is 0.318. The molecule has 1 aromatic heterocycles. The van der Waals surface area contributed by atoms with E-state index in [1.165, 1.54) is 12.1 Å². The number of nitro groups is 1. The summed E-state index contributed by atoms with van der Waals surface area (Å²) in [6.07, 6.45) is 4.53. The molecule has 0 aliphatic carbocycles. The Kier molecular flexibility index (Phi) is 6.34. The van der Waals surface area contributed by atoms with Crippen molar-refractivity contribution in [3.05, 3.63) is 69.9 Å². The summed E-state index contributed by atoms with van der Waals surface area (Å²) in [6.45, 7) is 1.49. The molecule has 2 heterocycles. The number of carbonyl (C=O) groups excluding carboxylic acids is 2. The largest absolute Gasteiger partial charge is 0.452 e. The maximum atomic E-state index is 12.7. The number of benzene rings is 2. The van der Waals surface area contributed by atoms with Gasteiger partial charge in [0.25, 0.3) is 11.6 Å². The number of aromatic nitrogens is 1. The fourth-order valence-electron chi connectivity index (χ4n) is 3.97. The summed E-state index contributed by atoms with van der Waals surface area (Å²) in [7, 11) is 0. The minimum atomic E-state index is -0.748. The Hall–Kier alpha value is -3.88. The number of carbonyl (C=O) groups is 2. The number of hydrogen-bond acceptors (Lipinski definition) is 6. The molecular formula is C23H24N4O5. The van der Waals surface area contributed by atoms with Crippen molar-refractivity contribution in [2.45, 2.75) is 19.3 Å². The molecule has 2 aromatic carbocycles. The molecule has 1 fully saturated rings. The number of amides is 1. The summed E-state index contributed by atoms with van der Waals surface area (Å²) in [6, 6.07) is 12.1. The molecule has 0 radical (unpaired) electrons. The molecule has 2 N–H and O–H groups in total. The van der Waals surface area contributed by atoms with Gasteiger partial charge in [-0.05, 0) is 37.0 Å². The molecular weight excluding hydrogens is 412 g/mol. The Morgan fingerprint density at radius 3 is 2.72 bits per heavy atom. The van der Waals surface area contributed by atoms with E-state index in [0.29, 0.717) is 18.7 Å². The number of rotatable bonds is 8. The summed E-state index contributed by atoms with van der Waals surface area (Å²) in [5.41, 5.74) is 2.63. The van der Waals surface area contributed by atoms with E-state index in [1.807, 2.05) is 35.4 Å². The molecule has 3 aromatic rings. The van der Waals surface area contributed by atoms with Crippen LogP contribution in [0.25, 0.3) is 10.9 Å². The highest BCUT2D eigenvalue weighted by Crippen LogP contribution is 2.29. The zero-order chi connectivity index (χ0) is 22.5. The highest BCUT2D eigenvalue weighted by atomic mass is 16.6. The van der Waals surface area contributed by atoms with E-state index in [4.69, 9.17) is 4.74 Å². The maximum absolute atomic E-state index is 12.7. The Morgan fingerprint density at radius 1 is 1.16 bits per heavy atom. The molecule has 1 amide bonds. The van der Waals surface area contributed by atoms with E-state index in [1.54, 1.807) is 6.07 Å². The summed E-state index contributed by atoms with van der Waals surface area (Å²) >= 11 is 0.